The van der Waals surface area contributed by atoms with Gasteiger partial charge in [-0.05, 0) is 49.6 Å². The van der Waals surface area contributed by atoms with E-state index in [0.717, 1.165) is 24.1 Å². The molecule has 1 fully saturated rings. The Balaban J connectivity index is 0.000000575. The summed E-state index contributed by atoms with van der Waals surface area (Å²) in [6, 6.07) is 9.54. The molecule has 3 rings (SSSR count). The molecule has 164 valence electrons. The van der Waals surface area contributed by atoms with E-state index in [-0.39, 0.29) is 24.2 Å². The summed E-state index contributed by atoms with van der Waals surface area (Å²) in [5, 5.41) is 0. The maximum Gasteiger partial charge on any atom is 0.454 e. The summed E-state index contributed by atoms with van der Waals surface area (Å²) in [5.74, 6) is -5.80. The molecule has 0 aromatic heterocycles. The van der Waals surface area contributed by atoms with Crippen LogP contribution in [0, 0.1) is 12.7 Å². The third-order valence-electron chi connectivity index (χ3n) is 4.65. The van der Waals surface area contributed by atoms with E-state index >= 15 is 0 Å². The van der Waals surface area contributed by atoms with Crippen LogP contribution in [0.3, 0.4) is 0 Å². The van der Waals surface area contributed by atoms with Crippen LogP contribution < -0.4 is 4.74 Å². The van der Waals surface area contributed by atoms with Crippen LogP contribution in [-0.4, -0.2) is 37.5 Å². The minimum absolute atomic E-state index is 0.237. The van der Waals surface area contributed by atoms with Gasteiger partial charge in [-0.1, -0.05) is 23.8 Å². The fourth-order valence-corrected chi connectivity index (χ4v) is 2.79. The van der Waals surface area contributed by atoms with Gasteiger partial charge in [-0.2, -0.15) is 22.0 Å². The first-order chi connectivity index (χ1) is 13.8. The molecule has 1 saturated carbocycles. The third-order valence-corrected chi connectivity index (χ3v) is 4.65. The molecule has 0 heterocycles. The van der Waals surface area contributed by atoms with E-state index < -0.39 is 23.3 Å². The summed E-state index contributed by atoms with van der Waals surface area (Å²) in [4.78, 5) is 10.9. The largest absolute Gasteiger partial charge is 0.454 e. The summed E-state index contributed by atoms with van der Waals surface area (Å²) in [6.45, 7) is 1.86. The molecule has 0 spiro atoms. The fraction of sp³-hybridized carbons (Fsp3) is 0.381. The van der Waals surface area contributed by atoms with Gasteiger partial charge in [-0.15, -0.1) is 0 Å². The monoisotopic (exact) mass is 433 g/mol. The van der Waals surface area contributed by atoms with E-state index in [1.165, 1.54) is 4.90 Å². The molecule has 0 saturated heterocycles. The van der Waals surface area contributed by atoms with Crippen molar-refractivity contribution in [3.63, 3.8) is 0 Å². The zero-order chi connectivity index (χ0) is 22.7. The van der Waals surface area contributed by atoms with Gasteiger partial charge < -0.3 is 9.64 Å². The van der Waals surface area contributed by atoms with Gasteiger partial charge in [0, 0.05) is 14.1 Å². The van der Waals surface area contributed by atoms with Crippen molar-refractivity contribution >= 4 is 6.41 Å². The van der Waals surface area contributed by atoms with Crippen LogP contribution in [0.25, 0.3) is 0 Å². The molecule has 1 aliphatic rings. The first-order valence-electron chi connectivity index (χ1n) is 8.95. The van der Waals surface area contributed by atoms with Gasteiger partial charge in [-0.3, -0.25) is 4.79 Å². The number of nitrogens with zero attached hydrogens (tertiary/aromatic N) is 1. The highest BCUT2D eigenvalue weighted by molar-refractivity contribution is 5.45. The number of amides is 1. The highest BCUT2D eigenvalue weighted by Crippen LogP contribution is 2.63. The lowest BCUT2D eigenvalue weighted by molar-refractivity contribution is -0.296. The standard InChI is InChI=1S/C18H14F6O.C3H7NO/c1-11-2-5-13(6-3-11)25-15-7-4-12(10-14(15)19)16(8-9-16)17(20,21)18(22,23)24;1-4(2)3-5/h2-7,10H,8-9H2,1H3;3H,1-2H3. The van der Waals surface area contributed by atoms with Crippen LogP contribution in [0.15, 0.2) is 42.5 Å². The molecule has 0 aliphatic heterocycles. The molecule has 9 heteroatoms. The van der Waals surface area contributed by atoms with Crippen molar-refractivity contribution in [1.29, 1.82) is 0 Å². The maximum absolute atomic E-state index is 14.2. The van der Waals surface area contributed by atoms with Crippen LogP contribution in [0.4, 0.5) is 26.3 Å². The normalized spacial score (nSPS) is 15.0. The molecule has 3 nitrogen and oxygen atoms in total. The van der Waals surface area contributed by atoms with Crippen molar-refractivity contribution in [3.8, 4) is 11.5 Å². The van der Waals surface area contributed by atoms with Gasteiger partial charge in [-0.25, -0.2) is 4.39 Å². The van der Waals surface area contributed by atoms with Crippen LogP contribution in [-0.2, 0) is 10.2 Å². The first-order valence-corrected chi connectivity index (χ1v) is 8.95. The summed E-state index contributed by atoms with van der Waals surface area (Å²) >= 11 is 0. The Hall–Kier alpha value is -2.71. The molecule has 2 aromatic carbocycles. The zero-order valence-corrected chi connectivity index (χ0v) is 16.6. The van der Waals surface area contributed by atoms with E-state index in [2.05, 4.69) is 0 Å². The lowest BCUT2D eigenvalue weighted by atomic mass is 9.88. The summed E-state index contributed by atoms with van der Waals surface area (Å²) in [7, 11) is 3.38. The van der Waals surface area contributed by atoms with Crippen molar-refractivity contribution in [2.24, 2.45) is 0 Å². The van der Waals surface area contributed by atoms with Crippen molar-refractivity contribution in [1.82, 2.24) is 4.90 Å². The molecular formula is C21H21F6NO2. The quantitative estimate of drug-likeness (QED) is 0.437. The lowest BCUT2D eigenvalue weighted by Crippen LogP contribution is -2.47. The number of alkyl halides is 5. The van der Waals surface area contributed by atoms with E-state index in [0.29, 0.717) is 11.8 Å². The van der Waals surface area contributed by atoms with E-state index in [4.69, 9.17) is 4.74 Å². The van der Waals surface area contributed by atoms with Crippen LogP contribution in [0.2, 0.25) is 0 Å². The number of rotatable bonds is 5. The van der Waals surface area contributed by atoms with Gasteiger partial charge in [0.15, 0.2) is 11.6 Å². The van der Waals surface area contributed by atoms with Crippen molar-refractivity contribution < 1.29 is 35.9 Å². The number of aryl methyl sites for hydroxylation is 1. The highest BCUT2D eigenvalue weighted by atomic mass is 19.4. The van der Waals surface area contributed by atoms with Gasteiger partial charge in [0.2, 0.25) is 6.41 Å². The summed E-state index contributed by atoms with van der Waals surface area (Å²) in [6.07, 6.45) is -5.63. The smallest absolute Gasteiger partial charge is 0.454 e. The molecule has 2 aromatic rings. The Morgan fingerprint density at radius 1 is 1.00 bits per heavy atom. The van der Waals surface area contributed by atoms with Crippen molar-refractivity contribution in [2.75, 3.05) is 14.1 Å². The molecule has 30 heavy (non-hydrogen) atoms. The maximum atomic E-state index is 14.2. The lowest BCUT2D eigenvalue weighted by Gasteiger charge is -2.29. The average Bonchev–Trinajstić information content (AvgIpc) is 3.47. The molecular weight excluding hydrogens is 412 g/mol. The molecule has 0 N–H and O–H groups in total. The van der Waals surface area contributed by atoms with Crippen molar-refractivity contribution in [2.45, 2.75) is 37.3 Å². The second-order valence-corrected chi connectivity index (χ2v) is 7.28. The number of halogens is 6. The summed E-state index contributed by atoms with van der Waals surface area (Å²) < 4.78 is 85.2. The number of ether oxygens (including phenoxy) is 1. The number of hydrogen-bond acceptors (Lipinski definition) is 2. The molecule has 1 aliphatic carbocycles. The van der Waals surface area contributed by atoms with E-state index in [1.54, 1.807) is 38.4 Å². The molecule has 0 unspecified atom stereocenters. The number of hydrogen-bond donors (Lipinski definition) is 0. The minimum Gasteiger partial charge on any atom is -0.454 e. The Bertz CT molecular complexity index is 874. The Morgan fingerprint density at radius 3 is 1.93 bits per heavy atom. The summed E-state index contributed by atoms with van der Waals surface area (Å²) in [5.41, 5.74) is -1.80. The van der Waals surface area contributed by atoms with E-state index in [1.807, 2.05) is 6.92 Å². The highest BCUT2D eigenvalue weighted by Gasteiger charge is 2.75. The second-order valence-electron chi connectivity index (χ2n) is 7.28. The van der Waals surface area contributed by atoms with Crippen LogP contribution >= 0.6 is 0 Å². The number of benzene rings is 2. The first kappa shape index (κ1) is 23.6. The second kappa shape index (κ2) is 8.57. The average molecular weight is 433 g/mol. The Morgan fingerprint density at radius 2 is 1.53 bits per heavy atom. The predicted octanol–water partition coefficient (Wildman–Crippen LogP) is 5.86. The molecule has 1 amide bonds. The third kappa shape index (κ3) is 4.88. The Labute approximate surface area is 170 Å². The van der Waals surface area contributed by atoms with Gasteiger partial charge in [0.25, 0.3) is 0 Å². The van der Waals surface area contributed by atoms with E-state index in [9.17, 15) is 31.1 Å². The van der Waals surface area contributed by atoms with Gasteiger partial charge in [0.05, 0.1) is 5.41 Å². The topological polar surface area (TPSA) is 29.5 Å². The SMILES string of the molecule is CN(C)C=O.Cc1ccc(Oc2ccc(C3(C(F)(F)C(F)(F)F)CC3)cc2F)cc1. The number of carbonyl (C=O) groups is 1. The minimum atomic E-state index is -5.68. The van der Waals surface area contributed by atoms with Crippen LogP contribution in [0.1, 0.15) is 24.0 Å². The molecule has 0 radical (unpaired) electrons. The Kier molecular flexibility index (Phi) is 6.73. The fourth-order valence-electron chi connectivity index (χ4n) is 2.79. The molecule has 0 atom stereocenters. The van der Waals surface area contributed by atoms with Gasteiger partial charge in [0.1, 0.15) is 5.75 Å². The van der Waals surface area contributed by atoms with Gasteiger partial charge >= 0.3 is 12.1 Å². The predicted molar refractivity (Wildman–Crippen MR) is 99.3 cm³/mol. The number of carbonyl (C=O) groups excluding carboxylic acids is 1. The molecule has 0 bridgehead atoms. The zero-order valence-electron chi connectivity index (χ0n) is 16.6. The van der Waals surface area contributed by atoms with Crippen molar-refractivity contribution in [3.05, 3.63) is 59.4 Å². The van der Waals surface area contributed by atoms with Crippen LogP contribution in [0.5, 0.6) is 11.5 Å².